The van der Waals surface area contributed by atoms with Crippen molar-refractivity contribution in [3.05, 3.63) is 40.9 Å². The van der Waals surface area contributed by atoms with Crippen LogP contribution in [0.25, 0.3) is 0 Å². The number of hydrogen-bond donors (Lipinski definition) is 2. The second-order valence-electron chi connectivity index (χ2n) is 10.8. The van der Waals surface area contributed by atoms with Crippen molar-refractivity contribution in [2.24, 2.45) is 5.92 Å². The lowest BCUT2D eigenvalue weighted by atomic mass is 9.69. The average Bonchev–Trinajstić information content (AvgIpc) is 2.93. The van der Waals surface area contributed by atoms with Crippen LogP contribution in [0.3, 0.4) is 0 Å². The maximum absolute atomic E-state index is 6.18. The summed E-state index contributed by atoms with van der Waals surface area (Å²) in [5.41, 5.74) is 1.39. The smallest absolute Gasteiger partial charge is 0.232 e. The first kappa shape index (κ1) is 26.4. The molecule has 1 aliphatic carbocycles. The van der Waals surface area contributed by atoms with Crippen LogP contribution < -0.4 is 20.4 Å². The number of benzene rings is 1. The quantitative estimate of drug-likeness (QED) is 0.471. The second-order valence-corrected chi connectivity index (χ2v) is 11.7. The highest BCUT2D eigenvalue weighted by atomic mass is 35.5. The van der Waals surface area contributed by atoms with Crippen LogP contribution in [0.2, 0.25) is 5.02 Å². The summed E-state index contributed by atoms with van der Waals surface area (Å²) in [4.78, 5) is 14.4. The zero-order chi connectivity index (χ0) is 25.7. The number of piperidine rings is 1. The molecule has 2 N–H and O–H groups in total. The molecular formula is C28H39ClN6OS. The Morgan fingerprint density at radius 3 is 2.27 bits per heavy atom. The number of ether oxygens (including phenoxy) is 1. The van der Waals surface area contributed by atoms with E-state index < -0.39 is 0 Å². The number of rotatable bonds is 6. The Hall–Kier alpha value is -2.16. The van der Waals surface area contributed by atoms with Gasteiger partial charge in [0.15, 0.2) is 5.11 Å². The normalized spacial score (nSPS) is 20.5. The van der Waals surface area contributed by atoms with Gasteiger partial charge >= 0.3 is 0 Å². The molecule has 2 aliphatic heterocycles. The topological polar surface area (TPSA) is 65.6 Å². The first-order chi connectivity index (χ1) is 18.0. The molecule has 1 aromatic carbocycles. The van der Waals surface area contributed by atoms with Gasteiger partial charge in [-0.2, -0.15) is 9.97 Å². The summed E-state index contributed by atoms with van der Waals surface area (Å²) in [5, 5.41) is 8.18. The summed E-state index contributed by atoms with van der Waals surface area (Å²) in [6.07, 6.45) is 8.41. The van der Waals surface area contributed by atoms with Crippen LogP contribution in [0.5, 0.6) is 0 Å². The van der Waals surface area contributed by atoms with E-state index in [0.29, 0.717) is 11.1 Å². The van der Waals surface area contributed by atoms with Crippen LogP contribution in [0, 0.1) is 5.92 Å². The van der Waals surface area contributed by atoms with Gasteiger partial charge in [-0.25, -0.2) is 0 Å². The summed E-state index contributed by atoms with van der Waals surface area (Å²) >= 11 is 12.0. The third-order valence-corrected chi connectivity index (χ3v) is 8.72. The van der Waals surface area contributed by atoms with Crippen molar-refractivity contribution in [1.82, 2.24) is 15.3 Å². The van der Waals surface area contributed by atoms with Crippen molar-refractivity contribution >= 4 is 46.5 Å². The zero-order valence-corrected chi connectivity index (χ0v) is 23.4. The first-order valence-corrected chi connectivity index (χ1v) is 14.6. The fraction of sp³-hybridized carbons (Fsp3) is 0.607. The standard InChI is InChI=1S/C28H39ClN6OS/c1-21-9-13-34(14-10-21)24-19-25(35-15-17-36-18-16-35)32-26(31-24)33-27(37)30-20-28(11-3-2-4-12-28)22-5-7-23(29)8-6-22/h5-8,19,21H,2-4,9-18,20H2,1H3,(H2,30,31,32,33,37). The highest BCUT2D eigenvalue weighted by molar-refractivity contribution is 7.80. The van der Waals surface area contributed by atoms with Gasteiger partial charge in [-0.1, -0.05) is 49.9 Å². The number of nitrogens with one attached hydrogen (secondary N) is 2. The molecule has 0 amide bonds. The molecule has 0 unspecified atom stereocenters. The number of thiocarbonyl (C=S) groups is 1. The van der Waals surface area contributed by atoms with Gasteiger partial charge in [-0.15, -0.1) is 0 Å². The molecule has 0 radical (unpaired) electrons. The molecule has 200 valence electrons. The molecule has 7 nitrogen and oxygen atoms in total. The van der Waals surface area contributed by atoms with Gasteiger partial charge in [0.05, 0.1) is 13.2 Å². The minimum atomic E-state index is 0.0563. The van der Waals surface area contributed by atoms with E-state index in [1.165, 1.54) is 37.7 Å². The van der Waals surface area contributed by atoms with E-state index in [1.54, 1.807) is 0 Å². The Morgan fingerprint density at radius 1 is 1.00 bits per heavy atom. The lowest BCUT2D eigenvalue weighted by Crippen LogP contribution is -2.43. The van der Waals surface area contributed by atoms with Gasteiger partial charge in [-0.3, -0.25) is 0 Å². The van der Waals surface area contributed by atoms with Gasteiger partial charge in [0.25, 0.3) is 0 Å². The number of anilines is 3. The van der Waals surface area contributed by atoms with E-state index in [-0.39, 0.29) is 5.41 Å². The van der Waals surface area contributed by atoms with Crippen LogP contribution >= 0.6 is 23.8 Å². The monoisotopic (exact) mass is 542 g/mol. The Kier molecular flexibility index (Phi) is 8.67. The summed E-state index contributed by atoms with van der Waals surface area (Å²) in [6, 6.07) is 10.5. The molecule has 9 heteroatoms. The van der Waals surface area contributed by atoms with Crippen molar-refractivity contribution in [2.45, 2.75) is 57.3 Å². The zero-order valence-electron chi connectivity index (χ0n) is 21.8. The predicted molar refractivity (Wildman–Crippen MR) is 156 cm³/mol. The second kappa shape index (κ2) is 12.1. The summed E-state index contributed by atoms with van der Waals surface area (Å²) in [7, 11) is 0. The number of nitrogens with zero attached hydrogens (tertiary/aromatic N) is 4. The SMILES string of the molecule is CC1CCN(c2cc(N3CCOCC3)nc(NC(=S)NCC3(c4ccc(Cl)cc4)CCCCC3)n2)CC1. The minimum absolute atomic E-state index is 0.0563. The van der Waals surface area contributed by atoms with Crippen molar-refractivity contribution in [3.8, 4) is 0 Å². The highest BCUT2D eigenvalue weighted by Gasteiger charge is 2.34. The van der Waals surface area contributed by atoms with E-state index in [0.717, 1.165) is 81.4 Å². The van der Waals surface area contributed by atoms with Gasteiger partial charge in [0, 0.05) is 49.2 Å². The van der Waals surface area contributed by atoms with E-state index in [4.69, 9.17) is 38.5 Å². The van der Waals surface area contributed by atoms with Crippen LogP contribution in [-0.4, -0.2) is 61.0 Å². The molecule has 3 aliphatic rings. The lowest BCUT2D eigenvalue weighted by molar-refractivity contribution is 0.122. The van der Waals surface area contributed by atoms with Crippen molar-refractivity contribution in [3.63, 3.8) is 0 Å². The molecule has 0 spiro atoms. The highest BCUT2D eigenvalue weighted by Crippen LogP contribution is 2.39. The van der Waals surface area contributed by atoms with Crippen LogP contribution in [0.1, 0.15) is 57.4 Å². The van der Waals surface area contributed by atoms with Gasteiger partial charge in [0.2, 0.25) is 5.95 Å². The largest absolute Gasteiger partial charge is 0.378 e. The third-order valence-electron chi connectivity index (χ3n) is 8.22. The molecule has 2 saturated heterocycles. The summed E-state index contributed by atoms with van der Waals surface area (Å²) in [6.45, 7) is 8.25. The third kappa shape index (κ3) is 6.65. The number of aromatic nitrogens is 2. The maximum atomic E-state index is 6.18. The van der Waals surface area contributed by atoms with Crippen molar-refractivity contribution < 1.29 is 4.74 Å². The number of halogens is 1. The van der Waals surface area contributed by atoms with Gasteiger partial charge in [-0.05, 0) is 61.5 Å². The number of morpholine rings is 1. The van der Waals surface area contributed by atoms with Crippen LogP contribution in [0.4, 0.5) is 17.6 Å². The van der Waals surface area contributed by atoms with E-state index in [9.17, 15) is 0 Å². The van der Waals surface area contributed by atoms with E-state index >= 15 is 0 Å². The van der Waals surface area contributed by atoms with E-state index in [2.05, 4.69) is 45.6 Å². The fourth-order valence-electron chi connectivity index (χ4n) is 5.83. The number of hydrogen-bond acceptors (Lipinski definition) is 6. The van der Waals surface area contributed by atoms with Crippen LogP contribution in [-0.2, 0) is 10.2 Å². The molecule has 0 atom stereocenters. The van der Waals surface area contributed by atoms with Crippen LogP contribution in [0.15, 0.2) is 30.3 Å². The molecule has 3 fully saturated rings. The first-order valence-electron chi connectivity index (χ1n) is 13.8. The Labute approximate surface area is 231 Å². The van der Waals surface area contributed by atoms with E-state index in [1.807, 2.05) is 12.1 Å². The molecule has 0 bridgehead atoms. The Balaban J connectivity index is 1.31. The van der Waals surface area contributed by atoms with Gasteiger partial charge < -0.3 is 25.2 Å². The minimum Gasteiger partial charge on any atom is -0.378 e. The summed E-state index contributed by atoms with van der Waals surface area (Å²) in [5.74, 6) is 3.22. The summed E-state index contributed by atoms with van der Waals surface area (Å²) < 4.78 is 5.57. The molecule has 1 aromatic heterocycles. The molecular weight excluding hydrogens is 504 g/mol. The molecule has 1 saturated carbocycles. The predicted octanol–water partition coefficient (Wildman–Crippen LogP) is 5.39. The average molecular weight is 543 g/mol. The molecule has 5 rings (SSSR count). The fourth-order valence-corrected chi connectivity index (χ4v) is 6.12. The molecule has 3 heterocycles. The molecule has 37 heavy (non-hydrogen) atoms. The lowest BCUT2D eigenvalue weighted by Gasteiger charge is -2.38. The van der Waals surface area contributed by atoms with Crippen molar-refractivity contribution in [2.75, 3.05) is 61.1 Å². The van der Waals surface area contributed by atoms with Gasteiger partial charge in [0.1, 0.15) is 11.6 Å². The Bertz CT molecular complexity index is 1050. The maximum Gasteiger partial charge on any atom is 0.232 e. The molecule has 2 aromatic rings. The van der Waals surface area contributed by atoms with Crippen molar-refractivity contribution in [1.29, 1.82) is 0 Å². The Morgan fingerprint density at radius 2 is 1.62 bits per heavy atom.